The Bertz CT molecular complexity index is 589. The molecule has 0 N–H and O–H groups in total. The Morgan fingerprint density at radius 2 is 1.83 bits per heavy atom. The molecule has 4 nitrogen and oxygen atoms in total. The summed E-state index contributed by atoms with van der Waals surface area (Å²) in [5, 5.41) is 0. The van der Waals surface area contributed by atoms with Crippen molar-refractivity contribution < 1.29 is 9.53 Å². The van der Waals surface area contributed by atoms with E-state index in [2.05, 4.69) is 39.0 Å². The zero-order chi connectivity index (χ0) is 16.6. The van der Waals surface area contributed by atoms with E-state index in [0.29, 0.717) is 6.04 Å². The molecule has 1 saturated heterocycles. The monoisotopic (exact) mass is 380 g/mol. The molecule has 0 aromatic heterocycles. The second-order valence-electron chi connectivity index (χ2n) is 7.52. The van der Waals surface area contributed by atoms with Crippen LogP contribution in [0.4, 0.5) is 4.79 Å². The third kappa shape index (κ3) is 4.07. The summed E-state index contributed by atoms with van der Waals surface area (Å²) in [5.74, 6) is 0. The van der Waals surface area contributed by atoms with Crippen LogP contribution in [0.1, 0.15) is 44.7 Å². The first-order valence-corrected chi connectivity index (χ1v) is 9.10. The maximum atomic E-state index is 12.1. The first-order chi connectivity index (χ1) is 10.8. The molecular formula is C18H25BrN2O2. The number of carbonyl (C=O) groups is 1. The lowest BCUT2D eigenvalue weighted by Crippen LogP contribution is -2.46. The lowest BCUT2D eigenvalue weighted by molar-refractivity contribution is 0.0140. The average molecular weight is 381 g/mol. The van der Waals surface area contributed by atoms with Crippen LogP contribution < -0.4 is 0 Å². The Hall–Kier alpha value is -1.07. The van der Waals surface area contributed by atoms with Gasteiger partial charge in [0.15, 0.2) is 0 Å². The van der Waals surface area contributed by atoms with Crippen molar-refractivity contribution in [3.63, 3.8) is 0 Å². The van der Waals surface area contributed by atoms with Gasteiger partial charge in [0.05, 0.1) is 0 Å². The number of piperidine rings is 1. The van der Waals surface area contributed by atoms with E-state index in [9.17, 15) is 4.79 Å². The van der Waals surface area contributed by atoms with E-state index in [4.69, 9.17) is 4.74 Å². The molecule has 0 aliphatic carbocycles. The van der Waals surface area contributed by atoms with Gasteiger partial charge in [-0.2, -0.15) is 0 Å². The van der Waals surface area contributed by atoms with Gasteiger partial charge in [-0.15, -0.1) is 0 Å². The minimum atomic E-state index is -0.419. The number of halogens is 1. The summed E-state index contributed by atoms with van der Waals surface area (Å²) < 4.78 is 6.62. The number of likely N-dealkylation sites (tertiary alicyclic amines) is 1. The van der Waals surface area contributed by atoms with Gasteiger partial charge in [0, 0.05) is 36.7 Å². The van der Waals surface area contributed by atoms with Crippen molar-refractivity contribution in [1.29, 1.82) is 0 Å². The number of ether oxygens (including phenoxy) is 1. The van der Waals surface area contributed by atoms with E-state index in [1.807, 2.05) is 25.7 Å². The summed E-state index contributed by atoms with van der Waals surface area (Å²) in [7, 11) is 0. The Morgan fingerprint density at radius 1 is 1.17 bits per heavy atom. The number of hydrogen-bond donors (Lipinski definition) is 0. The normalized spacial score (nSPS) is 19.7. The lowest BCUT2D eigenvalue weighted by atomic mass is 10.0. The molecule has 2 aliphatic heterocycles. The molecular weight excluding hydrogens is 356 g/mol. The van der Waals surface area contributed by atoms with Crippen LogP contribution in [-0.4, -0.2) is 40.6 Å². The maximum absolute atomic E-state index is 12.1. The van der Waals surface area contributed by atoms with Crippen LogP contribution in [0.2, 0.25) is 0 Å². The molecule has 0 radical (unpaired) electrons. The molecule has 0 saturated carbocycles. The predicted octanol–water partition coefficient (Wildman–Crippen LogP) is 4.16. The topological polar surface area (TPSA) is 32.8 Å². The molecule has 0 unspecified atom stereocenters. The highest BCUT2D eigenvalue weighted by molar-refractivity contribution is 9.10. The molecule has 5 heteroatoms. The fraction of sp³-hybridized carbons (Fsp3) is 0.611. The molecule has 0 spiro atoms. The van der Waals surface area contributed by atoms with Gasteiger partial charge in [0.2, 0.25) is 0 Å². The third-order valence-corrected chi connectivity index (χ3v) is 5.04. The molecule has 23 heavy (non-hydrogen) atoms. The van der Waals surface area contributed by atoms with Crippen molar-refractivity contribution in [2.24, 2.45) is 0 Å². The Labute approximate surface area is 146 Å². The minimum Gasteiger partial charge on any atom is -0.444 e. The van der Waals surface area contributed by atoms with E-state index in [1.54, 1.807) is 0 Å². The summed E-state index contributed by atoms with van der Waals surface area (Å²) in [6.45, 7) is 9.36. The fourth-order valence-electron chi connectivity index (χ4n) is 3.39. The quantitative estimate of drug-likeness (QED) is 0.732. The molecule has 1 aromatic carbocycles. The first-order valence-electron chi connectivity index (χ1n) is 8.31. The Balaban J connectivity index is 1.53. The van der Waals surface area contributed by atoms with Crippen molar-refractivity contribution in [3.05, 3.63) is 33.8 Å². The molecule has 0 bridgehead atoms. The molecule has 1 amide bonds. The first kappa shape index (κ1) is 16.8. The van der Waals surface area contributed by atoms with E-state index < -0.39 is 5.60 Å². The average Bonchev–Trinajstić information content (AvgIpc) is 2.88. The van der Waals surface area contributed by atoms with E-state index >= 15 is 0 Å². The van der Waals surface area contributed by atoms with Gasteiger partial charge in [-0.1, -0.05) is 22.0 Å². The van der Waals surface area contributed by atoms with Crippen molar-refractivity contribution in [1.82, 2.24) is 9.80 Å². The summed E-state index contributed by atoms with van der Waals surface area (Å²) >= 11 is 3.55. The minimum absolute atomic E-state index is 0.176. The van der Waals surface area contributed by atoms with Crippen LogP contribution in [0, 0.1) is 0 Å². The zero-order valence-electron chi connectivity index (χ0n) is 14.1. The molecule has 2 aliphatic rings. The molecule has 0 atom stereocenters. The van der Waals surface area contributed by atoms with E-state index in [0.717, 1.165) is 43.5 Å². The second-order valence-corrected chi connectivity index (χ2v) is 8.43. The SMILES string of the molecule is CC(C)(C)OC(=O)N1CCC(N2Cc3ccc(Br)cc3C2)CC1. The largest absolute Gasteiger partial charge is 0.444 e. The molecule has 1 fully saturated rings. The van der Waals surface area contributed by atoms with Gasteiger partial charge >= 0.3 is 6.09 Å². The summed E-state index contributed by atoms with van der Waals surface area (Å²) in [6, 6.07) is 7.12. The Morgan fingerprint density at radius 3 is 2.48 bits per heavy atom. The third-order valence-electron chi connectivity index (χ3n) is 4.55. The van der Waals surface area contributed by atoms with Gasteiger partial charge in [-0.05, 0) is 56.9 Å². The summed E-state index contributed by atoms with van der Waals surface area (Å²) in [4.78, 5) is 16.5. The van der Waals surface area contributed by atoms with Crippen LogP contribution >= 0.6 is 15.9 Å². The predicted molar refractivity (Wildman–Crippen MR) is 94.2 cm³/mol. The molecule has 3 rings (SSSR count). The van der Waals surface area contributed by atoms with Gasteiger partial charge in [0.25, 0.3) is 0 Å². The van der Waals surface area contributed by atoms with Crippen molar-refractivity contribution >= 4 is 22.0 Å². The number of fused-ring (bicyclic) bond motifs is 1. The van der Waals surface area contributed by atoms with E-state index in [1.165, 1.54) is 11.1 Å². The lowest BCUT2D eigenvalue weighted by Gasteiger charge is -2.37. The van der Waals surface area contributed by atoms with Crippen molar-refractivity contribution in [2.75, 3.05) is 13.1 Å². The smallest absolute Gasteiger partial charge is 0.410 e. The molecule has 2 heterocycles. The highest BCUT2D eigenvalue weighted by Crippen LogP contribution is 2.30. The fourth-order valence-corrected chi connectivity index (χ4v) is 3.80. The van der Waals surface area contributed by atoms with Crippen molar-refractivity contribution in [2.45, 2.75) is 58.3 Å². The highest BCUT2D eigenvalue weighted by Gasteiger charge is 2.31. The van der Waals surface area contributed by atoms with Crippen LogP contribution in [0.15, 0.2) is 22.7 Å². The standard InChI is InChI=1S/C18H25BrN2O2/c1-18(2,3)23-17(22)20-8-6-16(7-9-20)21-11-13-4-5-15(19)10-14(13)12-21/h4-5,10,16H,6-9,11-12H2,1-3H3. The number of amides is 1. The van der Waals surface area contributed by atoms with Crippen LogP contribution in [-0.2, 0) is 17.8 Å². The highest BCUT2D eigenvalue weighted by atomic mass is 79.9. The van der Waals surface area contributed by atoms with Crippen LogP contribution in [0.25, 0.3) is 0 Å². The second kappa shape index (κ2) is 6.44. The Kier molecular flexibility index (Phi) is 4.70. The van der Waals surface area contributed by atoms with Gasteiger partial charge in [0.1, 0.15) is 5.60 Å². The zero-order valence-corrected chi connectivity index (χ0v) is 15.7. The van der Waals surface area contributed by atoms with Gasteiger partial charge in [-0.25, -0.2) is 4.79 Å². The number of benzene rings is 1. The maximum Gasteiger partial charge on any atom is 0.410 e. The summed E-state index contributed by atoms with van der Waals surface area (Å²) in [5.41, 5.74) is 2.44. The molecule has 1 aromatic rings. The van der Waals surface area contributed by atoms with Crippen LogP contribution in [0.5, 0.6) is 0 Å². The number of hydrogen-bond acceptors (Lipinski definition) is 3. The number of nitrogens with zero attached hydrogens (tertiary/aromatic N) is 2. The summed E-state index contributed by atoms with van der Waals surface area (Å²) in [6.07, 6.45) is 1.87. The van der Waals surface area contributed by atoms with E-state index in [-0.39, 0.29) is 6.09 Å². The number of carbonyl (C=O) groups excluding carboxylic acids is 1. The molecule has 126 valence electrons. The van der Waals surface area contributed by atoms with Gasteiger partial charge < -0.3 is 9.64 Å². The van der Waals surface area contributed by atoms with Gasteiger partial charge in [-0.3, -0.25) is 4.90 Å². The van der Waals surface area contributed by atoms with Crippen LogP contribution in [0.3, 0.4) is 0 Å². The number of rotatable bonds is 1. The van der Waals surface area contributed by atoms with Crippen molar-refractivity contribution in [3.8, 4) is 0 Å².